The highest BCUT2D eigenvalue weighted by atomic mass is 14.4. The van der Waals surface area contributed by atoms with Gasteiger partial charge in [-0.15, -0.1) is 0 Å². The molecular formula is C9H15N. The first-order valence-electron chi connectivity index (χ1n) is 3.79. The smallest absolute Gasteiger partial charge is 0.0313 e. The van der Waals surface area contributed by atoms with Crippen molar-refractivity contribution in [3.8, 4) is 0 Å². The lowest BCUT2D eigenvalue weighted by Gasteiger charge is -2.31. The van der Waals surface area contributed by atoms with Gasteiger partial charge in [-0.05, 0) is 23.8 Å². The molecule has 0 amide bonds. The van der Waals surface area contributed by atoms with E-state index in [0.29, 0.717) is 11.3 Å². The predicted octanol–water partition coefficient (Wildman–Crippen LogP) is 2.63. The minimum Gasteiger partial charge on any atom is -0.305 e. The monoisotopic (exact) mass is 137 g/mol. The molecule has 0 aromatic heterocycles. The zero-order valence-corrected chi connectivity index (χ0v) is 6.94. The van der Waals surface area contributed by atoms with Gasteiger partial charge in [-0.3, -0.25) is 0 Å². The van der Waals surface area contributed by atoms with E-state index in [1.165, 1.54) is 0 Å². The van der Waals surface area contributed by atoms with Crippen molar-refractivity contribution in [3.05, 3.63) is 12.2 Å². The van der Waals surface area contributed by atoms with Gasteiger partial charge in [-0.1, -0.05) is 26.8 Å². The third-order valence-electron chi connectivity index (χ3n) is 2.51. The second-order valence-electron chi connectivity index (χ2n) is 3.79. The summed E-state index contributed by atoms with van der Waals surface area (Å²) in [7, 11) is 0. The fraction of sp³-hybridized carbons (Fsp3) is 0.667. The lowest BCUT2D eigenvalue weighted by molar-refractivity contribution is 0.310. The van der Waals surface area contributed by atoms with Gasteiger partial charge in [0.25, 0.3) is 0 Å². The molecule has 0 aromatic carbocycles. The zero-order valence-electron chi connectivity index (χ0n) is 6.94. The summed E-state index contributed by atoms with van der Waals surface area (Å²) in [4.78, 5) is 0. The summed E-state index contributed by atoms with van der Waals surface area (Å²) >= 11 is 0. The summed E-state index contributed by atoms with van der Waals surface area (Å²) in [6.45, 7) is 6.65. The normalized spacial score (nSPS) is 30.7. The van der Waals surface area contributed by atoms with E-state index in [1.807, 2.05) is 6.08 Å². The Morgan fingerprint density at radius 3 is 2.60 bits per heavy atom. The van der Waals surface area contributed by atoms with Crippen molar-refractivity contribution < 1.29 is 0 Å². The molecule has 0 saturated carbocycles. The Hall–Kier alpha value is -0.590. The van der Waals surface area contributed by atoms with Crippen LogP contribution in [0, 0.1) is 16.7 Å². The molecule has 1 aliphatic carbocycles. The molecule has 0 radical (unpaired) electrons. The number of nitrogens with one attached hydrogen (secondary N) is 1. The van der Waals surface area contributed by atoms with Crippen LogP contribution >= 0.6 is 0 Å². The second-order valence-corrected chi connectivity index (χ2v) is 3.79. The fourth-order valence-electron chi connectivity index (χ4n) is 1.14. The minimum absolute atomic E-state index is 0.296. The zero-order chi connectivity index (χ0) is 7.78. The molecule has 0 fully saturated rings. The molecule has 0 heterocycles. The van der Waals surface area contributed by atoms with Gasteiger partial charge in [0.1, 0.15) is 0 Å². The Bertz CT molecular complexity index is 177. The fourth-order valence-corrected chi connectivity index (χ4v) is 1.14. The lowest BCUT2D eigenvalue weighted by atomic mass is 9.74. The number of rotatable bonds is 0. The van der Waals surface area contributed by atoms with Crippen LogP contribution in [0.1, 0.15) is 27.2 Å². The minimum atomic E-state index is 0.296. The largest absolute Gasteiger partial charge is 0.305 e. The van der Waals surface area contributed by atoms with Gasteiger partial charge in [-0.2, -0.15) is 0 Å². The third-order valence-corrected chi connectivity index (χ3v) is 2.51. The molecule has 0 aliphatic heterocycles. The number of hydrogen-bond donors (Lipinski definition) is 1. The van der Waals surface area contributed by atoms with E-state index >= 15 is 0 Å². The summed E-state index contributed by atoms with van der Waals surface area (Å²) in [5.74, 6) is 0.616. The van der Waals surface area contributed by atoms with Gasteiger partial charge in [0.15, 0.2) is 0 Å². The van der Waals surface area contributed by atoms with Crippen molar-refractivity contribution in [2.75, 3.05) is 0 Å². The average molecular weight is 137 g/mol. The predicted molar refractivity (Wildman–Crippen MR) is 44.4 cm³/mol. The molecule has 1 heteroatoms. The molecule has 0 aromatic rings. The van der Waals surface area contributed by atoms with Gasteiger partial charge >= 0.3 is 0 Å². The molecule has 0 saturated heterocycles. The van der Waals surface area contributed by atoms with Crippen molar-refractivity contribution in [1.82, 2.24) is 0 Å². The van der Waals surface area contributed by atoms with Crippen LogP contribution in [0.4, 0.5) is 0 Å². The van der Waals surface area contributed by atoms with Crippen LogP contribution in [-0.4, -0.2) is 5.71 Å². The van der Waals surface area contributed by atoms with Crippen molar-refractivity contribution in [1.29, 1.82) is 5.41 Å². The van der Waals surface area contributed by atoms with Crippen LogP contribution < -0.4 is 0 Å². The van der Waals surface area contributed by atoms with Crippen LogP contribution in [-0.2, 0) is 0 Å². The molecular weight excluding hydrogens is 122 g/mol. The maximum Gasteiger partial charge on any atom is 0.0313 e. The summed E-state index contributed by atoms with van der Waals surface area (Å²) in [5, 5.41) is 7.41. The molecule has 10 heavy (non-hydrogen) atoms. The highest BCUT2D eigenvalue weighted by Crippen LogP contribution is 2.33. The van der Waals surface area contributed by atoms with Crippen molar-refractivity contribution >= 4 is 5.71 Å². The molecule has 1 rings (SSSR count). The van der Waals surface area contributed by atoms with Gasteiger partial charge in [0.2, 0.25) is 0 Å². The van der Waals surface area contributed by atoms with Crippen LogP contribution in [0.25, 0.3) is 0 Å². The van der Waals surface area contributed by atoms with Crippen LogP contribution in [0.3, 0.4) is 0 Å². The van der Waals surface area contributed by atoms with Crippen LogP contribution in [0.5, 0.6) is 0 Å². The molecule has 56 valence electrons. The first-order valence-corrected chi connectivity index (χ1v) is 3.79. The SMILES string of the molecule is CC1CC(=N)C=CC1(C)C. The van der Waals surface area contributed by atoms with E-state index in [0.717, 1.165) is 12.1 Å². The van der Waals surface area contributed by atoms with E-state index in [2.05, 4.69) is 26.8 Å². The topological polar surface area (TPSA) is 23.9 Å². The molecule has 1 N–H and O–H groups in total. The molecule has 1 unspecified atom stereocenters. The Balaban J connectivity index is 2.82. The van der Waals surface area contributed by atoms with E-state index in [1.54, 1.807) is 0 Å². The van der Waals surface area contributed by atoms with Crippen molar-refractivity contribution in [2.24, 2.45) is 11.3 Å². The van der Waals surface area contributed by atoms with Gasteiger partial charge in [-0.25, -0.2) is 0 Å². The van der Waals surface area contributed by atoms with E-state index in [4.69, 9.17) is 5.41 Å². The average Bonchev–Trinajstić information content (AvgIpc) is 1.81. The van der Waals surface area contributed by atoms with E-state index < -0.39 is 0 Å². The van der Waals surface area contributed by atoms with E-state index in [-0.39, 0.29) is 0 Å². The van der Waals surface area contributed by atoms with Crippen molar-refractivity contribution in [3.63, 3.8) is 0 Å². The third kappa shape index (κ3) is 1.28. The van der Waals surface area contributed by atoms with Gasteiger partial charge in [0.05, 0.1) is 0 Å². The molecule has 1 aliphatic rings. The molecule has 1 nitrogen and oxygen atoms in total. The summed E-state index contributed by atoms with van der Waals surface area (Å²) in [6.07, 6.45) is 5.01. The molecule has 0 bridgehead atoms. The van der Waals surface area contributed by atoms with Gasteiger partial charge < -0.3 is 5.41 Å². The second kappa shape index (κ2) is 2.22. The Kier molecular flexibility index (Phi) is 1.67. The number of allylic oxidation sites excluding steroid dienone is 2. The lowest BCUT2D eigenvalue weighted by Crippen LogP contribution is -2.25. The maximum atomic E-state index is 7.41. The number of hydrogen-bond acceptors (Lipinski definition) is 1. The first-order chi connectivity index (χ1) is 4.52. The van der Waals surface area contributed by atoms with E-state index in [9.17, 15) is 0 Å². The Morgan fingerprint density at radius 1 is 1.60 bits per heavy atom. The molecule has 0 spiro atoms. The van der Waals surface area contributed by atoms with Gasteiger partial charge in [0, 0.05) is 5.71 Å². The highest BCUT2D eigenvalue weighted by molar-refractivity contribution is 5.93. The highest BCUT2D eigenvalue weighted by Gasteiger charge is 2.26. The molecule has 1 atom stereocenters. The summed E-state index contributed by atoms with van der Waals surface area (Å²) in [6, 6.07) is 0. The van der Waals surface area contributed by atoms with Crippen LogP contribution in [0.15, 0.2) is 12.2 Å². The van der Waals surface area contributed by atoms with Crippen molar-refractivity contribution in [2.45, 2.75) is 27.2 Å². The summed E-state index contributed by atoms with van der Waals surface area (Å²) in [5.41, 5.74) is 1.07. The Morgan fingerprint density at radius 2 is 2.20 bits per heavy atom. The van der Waals surface area contributed by atoms with Crippen LogP contribution in [0.2, 0.25) is 0 Å². The summed E-state index contributed by atoms with van der Waals surface area (Å²) < 4.78 is 0. The Labute approximate surface area is 62.6 Å². The standard InChI is InChI=1S/C9H15N/c1-7-6-8(10)4-5-9(7,2)3/h4-5,7,10H,6H2,1-3H3. The maximum absolute atomic E-state index is 7.41. The first kappa shape index (κ1) is 7.52. The quantitative estimate of drug-likeness (QED) is 0.530.